The molecule has 0 spiro atoms. The highest BCUT2D eigenvalue weighted by Crippen LogP contribution is 2.22. The van der Waals surface area contributed by atoms with Gasteiger partial charge in [-0.2, -0.15) is 0 Å². The van der Waals surface area contributed by atoms with Crippen molar-refractivity contribution < 1.29 is 0 Å². The fraction of sp³-hybridized carbons (Fsp3) is 0.227. The van der Waals surface area contributed by atoms with Gasteiger partial charge in [-0.15, -0.1) is 0 Å². The molecule has 2 aromatic carbocycles. The zero-order valence-corrected chi connectivity index (χ0v) is 14.7. The third-order valence-electron chi connectivity index (χ3n) is 4.50. The first-order chi connectivity index (χ1) is 11.5. The SMILES string of the molecule is CC(C)(C)c1ccnc(CB(c2ccccc2)c2ccccc2)c1. The van der Waals surface area contributed by atoms with Gasteiger partial charge < -0.3 is 0 Å². The third-order valence-corrected chi connectivity index (χ3v) is 4.50. The van der Waals surface area contributed by atoms with E-state index < -0.39 is 0 Å². The van der Waals surface area contributed by atoms with E-state index in [1.54, 1.807) is 0 Å². The van der Waals surface area contributed by atoms with E-state index in [1.165, 1.54) is 16.5 Å². The van der Waals surface area contributed by atoms with Gasteiger partial charge in [0.15, 0.2) is 0 Å². The summed E-state index contributed by atoms with van der Waals surface area (Å²) in [4.78, 5) is 4.64. The first kappa shape index (κ1) is 16.5. The van der Waals surface area contributed by atoms with Crippen molar-refractivity contribution in [3.63, 3.8) is 0 Å². The summed E-state index contributed by atoms with van der Waals surface area (Å²) in [6, 6.07) is 25.9. The van der Waals surface area contributed by atoms with Crippen LogP contribution >= 0.6 is 0 Å². The van der Waals surface area contributed by atoms with E-state index in [4.69, 9.17) is 0 Å². The molecule has 0 aliphatic rings. The Labute approximate surface area is 145 Å². The lowest BCUT2D eigenvalue weighted by atomic mass is 9.38. The van der Waals surface area contributed by atoms with E-state index in [-0.39, 0.29) is 5.41 Å². The molecular formula is C22H24BN. The molecule has 1 nitrogen and oxygen atoms in total. The van der Waals surface area contributed by atoms with Crippen LogP contribution < -0.4 is 10.9 Å². The van der Waals surface area contributed by atoms with Crippen LogP contribution in [0, 0.1) is 0 Å². The predicted octanol–water partition coefficient (Wildman–Crippen LogP) is 3.77. The monoisotopic (exact) mass is 313 g/mol. The normalized spacial score (nSPS) is 11.3. The topological polar surface area (TPSA) is 12.9 Å². The number of nitrogens with zero attached hydrogens (tertiary/aromatic N) is 1. The lowest BCUT2D eigenvalue weighted by molar-refractivity contribution is 0.588. The van der Waals surface area contributed by atoms with E-state index in [0.717, 1.165) is 12.0 Å². The maximum atomic E-state index is 4.64. The molecule has 0 saturated heterocycles. The molecule has 0 unspecified atom stereocenters. The summed E-state index contributed by atoms with van der Waals surface area (Å²) in [6.45, 7) is 7.07. The number of benzene rings is 2. The van der Waals surface area contributed by atoms with Gasteiger partial charge in [-0.25, -0.2) is 0 Å². The minimum absolute atomic E-state index is 0.146. The minimum atomic E-state index is 0.146. The van der Waals surface area contributed by atoms with Gasteiger partial charge in [0.1, 0.15) is 0 Å². The number of aromatic nitrogens is 1. The van der Waals surface area contributed by atoms with Gasteiger partial charge in [0.2, 0.25) is 6.71 Å². The molecule has 1 aromatic heterocycles. The number of hydrogen-bond acceptors (Lipinski definition) is 1. The quantitative estimate of drug-likeness (QED) is 0.668. The Morgan fingerprint density at radius 2 is 1.33 bits per heavy atom. The molecule has 3 aromatic rings. The third kappa shape index (κ3) is 3.94. The molecular weight excluding hydrogens is 289 g/mol. The molecule has 0 radical (unpaired) electrons. The van der Waals surface area contributed by atoms with Gasteiger partial charge in [-0.05, 0) is 29.4 Å². The Hall–Kier alpha value is -2.35. The van der Waals surface area contributed by atoms with Crippen LogP contribution in [0.25, 0.3) is 0 Å². The lowest BCUT2D eigenvalue weighted by Crippen LogP contribution is -2.44. The Morgan fingerprint density at radius 1 is 0.792 bits per heavy atom. The van der Waals surface area contributed by atoms with Crippen LogP contribution in [0.15, 0.2) is 79.0 Å². The molecule has 0 saturated carbocycles. The Kier molecular flexibility index (Phi) is 4.85. The first-order valence-corrected chi connectivity index (χ1v) is 8.59. The van der Waals surface area contributed by atoms with Crippen molar-refractivity contribution in [1.82, 2.24) is 4.98 Å². The molecule has 0 atom stereocenters. The van der Waals surface area contributed by atoms with Crippen molar-refractivity contribution in [1.29, 1.82) is 0 Å². The molecule has 2 heteroatoms. The largest absolute Gasteiger partial charge is 0.262 e. The average molecular weight is 313 g/mol. The summed E-state index contributed by atoms with van der Waals surface area (Å²) in [5.74, 6) is 0. The summed E-state index contributed by atoms with van der Waals surface area (Å²) in [7, 11) is 0. The second-order valence-corrected chi connectivity index (χ2v) is 7.36. The fourth-order valence-corrected chi connectivity index (χ4v) is 3.06. The van der Waals surface area contributed by atoms with Crippen LogP contribution in [-0.2, 0) is 11.7 Å². The van der Waals surface area contributed by atoms with E-state index in [9.17, 15) is 0 Å². The Balaban J connectivity index is 1.96. The Bertz CT molecular complexity index is 736. The molecule has 0 amide bonds. The highest BCUT2D eigenvalue weighted by molar-refractivity contribution is 6.84. The highest BCUT2D eigenvalue weighted by Gasteiger charge is 2.21. The molecule has 0 N–H and O–H groups in total. The summed E-state index contributed by atoms with van der Waals surface area (Å²) in [5.41, 5.74) is 5.32. The molecule has 0 bridgehead atoms. The molecule has 24 heavy (non-hydrogen) atoms. The second-order valence-electron chi connectivity index (χ2n) is 7.36. The zero-order chi connectivity index (χ0) is 17.0. The van der Waals surface area contributed by atoms with Gasteiger partial charge in [0.05, 0.1) is 0 Å². The van der Waals surface area contributed by atoms with Gasteiger partial charge in [0, 0.05) is 11.9 Å². The van der Waals surface area contributed by atoms with Crippen molar-refractivity contribution in [3.05, 3.63) is 90.3 Å². The smallest absolute Gasteiger partial charge is 0.215 e. The summed E-state index contributed by atoms with van der Waals surface area (Å²) < 4.78 is 0. The van der Waals surface area contributed by atoms with Crippen LogP contribution in [0.1, 0.15) is 32.0 Å². The average Bonchev–Trinajstić information content (AvgIpc) is 2.61. The molecule has 3 rings (SSSR count). The van der Waals surface area contributed by atoms with Crippen molar-refractivity contribution in [3.8, 4) is 0 Å². The second kappa shape index (κ2) is 7.04. The van der Waals surface area contributed by atoms with Crippen LogP contribution in [0.3, 0.4) is 0 Å². The van der Waals surface area contributed by atoms with Gasteiger partial charge in [-0.3, -0.25) is 4.98 Å². The molecule has 120 valence electrons. The summed E-state index contributed by atoms with van der Waals surface area (Å²) in [5, 5.41) is 0. The number of rotatable bonds is 4. The van der Waals surface area contributed by atoms with E-state index in [0.29, 0.717) is 6.71 Å². The van der Waals surface area contributed by atoms with E-state index >= 15 is 0 Å². The van der Waals surface area contributed by atoms with Crippen molar-refractivity contribution >= 4 is 17.6 Å². The van der Waals surface area contributed by atoms with Crippen molar-refractivity contribution in [2.75, 3.05) is 0 Å². The predicted molar refractivity (Wildman–Crippen MR) is 105 cm³/mol. The molecule has 0 aliphatic carbocycles. The lowest BCUT2D eigenvalue weighted by Gasteiger charge is -2.20. The summed E-state index contributed by atoms with van der Waals surface area (Å²) in [6.07, 6.45) is 2.86. The maximum Gasteiger partial charge on any atom is 0.215 e. The maximum absolute atomic E-state index is 4.64. The highest BCUT2D eigenvalue weighted by atomic mass is 14.7. The molecule has 0 fully saturated rings. The minimum Gasteiger partial charge on any atom is -0.262 e. The zero-order valence-electron chi connectivity index (χ0n) is 14.7. The van der Waals surface area contributed by atoms with Crippen molar-refractivity contribution in [2.24, 2.45) is 0 Å². The number of hydrogen-bond donors (Lipinski definition) is 0. The molecule has 0 aliphatic heterocycles. The van der Waals surface area contributed by atoms with Crippen LogP contribution in [-0.4, -0.2) is 11.7 Å². The van der Waals surface area contributed by atoms with Gasteiger partial charge in [-0.1, -0.05) is 92.4 Å². The van der Waals surface area contributed by atoms with Crippen molar-refractivity contribution in [2.45, 2.75) is 32.5 Å². The standard InChI is InChI=1S/C22H24BN/c1-22(2,3)18-14-15-24-21(16-18)17-23(19-10-6-4-7-11-19)20-12-8-5-9-13-20/h4-16H,17H2,1-3H3. The van der Waals surface area contributed by atoms with E-state index in [1.807, 2.05) is 6.20 Å². The fourth-order valence-electron chi connectivity index (χ4n) is 3.06. The van der Waals surface area contributed by atoms with E-state index in [2.05, 4.69) is 98.6 Å². The van der Waals surface area contributed by atoms with Gasteiger partial charge >= 0.3 is 0 Å². The first-order valence-electron chi connectivity index (χ1n) is 8.59. The molecule has 1 heterocycles. The Morgan fingerprint density at radius 3 is 1.83 bits per heavy atom. The van der Waals surface area contributed by atoms with Gasteiger partial charge in [0.25, 0.3) is 0 Å². The number of pyridine rings is 1. The van der Waals surface area contributed by atoms with Crippen LogP contribution in [0.5, 0.6) is 0 Å². The van der Waals surface area contributed by atoms with Crippen LogP contribution in [0.4, 0.5) is 0 Å². The summed E-state index contributed by atoms with van der Waals surface area (Å²) >= 11 is 0. The van der Waals surface area contributed by atoms with Crippen LogP contribution in [0.2, 0.25) is 0 Å².